The lowest BCUT2D eigenvalue weighted by Crippen LogP contribution is -2.10. The van der Waals surface area contributed by atoms with Gasteiger partial charge in [0, 0.05) is 22.6 Å². The molecule has 0 atom stereocenters. The molecule has 0 fully saturated rings. The summed E-state index contributed by atoms with van der Waals surface area (Å²) in [6, 6.07) is 9.21. The molecule has 3 aromatic heterocycles. The summed E-state index contributed by atoms with van der Waals surface area (Å²) in [7, 11) is 0. The van der Waals surface area contributed by atoms with Crippen molar-refractivity contribution in [1.82, 2.24) is 10.1 Å². The van der Waals surface area contributed by atoms with Crippen molar-refractivity contribution in [2.45, 2.75) is 0 Å². The molecule has 10 heteroatoms. The summed E-state index contributed by atoms with van der Waals surface area (Å²) < 4.78 is 18.5. The Morgan fingerprint density at radius 2 is 1.96 bits per heavy atom. The average molecular weight is 394 g/mol. The lowest BCUT2D eigenvalue weighted by Gasteiger charge is -2.06. The van der Waals surface area contributed by atoms with E-state index in [0.29, 0.717) is 27.1 Å². The molecule has 3 heterocycles. The number of pyridine rings is 1. The summed E-state index contributed by atoms with van der Waals surface area (Å²) in [5.41, 5.74) is 18.7. The van der Waals surface area contributed by atoms with Gasteiger partial charge in [0.2, 0.25) is 0 Å². The van der Waals surface area contributed by atoms with Crippen molar-refractivity contribution < 1.29 is 13.7 Å². The van der Waals surface area contributed by atoms with E-state index in [9.17, 15) is 14.4 Å². The summed E-state index contributed by atoms with van der Waals surface area (Å²) in [6.07, 6.45) is 0. The Morgan fingerprint density at radius 3 is 2.61 bits per heavy atom. The lowest BCUT2D eigenvalue weighted by atomic mass is 10.0. The van der Waals surface area contributed by atoms with E-state index in [0.717, 1.165) is 11.3 Å². The van der Waals surface area contributed by atoms with E-state index < -0.39 is 5.91 Å². The molecule has 0 spiro atoms. The molecule has 28 heavy (non-hydrogen) atoms. The van der Waals surface area contributed by atoms with Gasteiger partial charge in [0.1, 0.15) is 38.7 Å². The van der Waals surface area contributed by atoms with Crippen LogP contribution < -0.4 is 17.2 Å². The van der Waals surface area contributed by atoms with Crippen LogP contribution in [0, 0.1) is 17.1 Å². The highest BCUT2D eigenvalue weighted by Gasteiger charge is 2.25. The van der Waals surface area contributed by atoms with E-state index in [4.69, 9.17) is 21.7 Å². The number of halogens is 1. The number of rotatable bonds is 3. The Bertz CT molecular complexity index is 1290. The molecule has 138 valence electrons. The minimum absolute atomic E-state index is 0.0337. The Balaban J connectivity index is 1.99. The Labute approximate surface area is 161 Å². The second-order valence-corrected chi connectivity index (χ2v) is 6.83. The number of hydrogen-bond donors (Lipinski definition) is 3. The number of benzene rings is 1. The molecule has 0 saturated carbocycles. The van der Waals surface area contributed by atoms with Gasteiger partial charge in [0.15, 0.2) is 5.76 Å². The first kappa shape index (κ1) is 17.4. The van der Waals surface area contributed by atoms with E-state index >= 15 is 0 Å². The first-order chi connectivity index (χ1) is 13.4. The zero-order valence-electron chi connectivity index (χ0n) is 14.1. The quantitative estimate of drug-likeness (QED) is 0.482. The molecule has 1 aromatic carbocycles. The third-order valence-corrected chi connectivity index (χ3v) is 5.25. The number of carbonyl (C=O) groups excluding carboxylic acids is 1. The number of hydrogen-bond acceptors (Lipinski definition) is 8. The number of fused-ring (bicyclic) bond motifs is 1. The molecule has 4 aromatic rings. The number of nitriles is 1. The zero-order chi connectivity index (χ0) is 20.0. The van der Waals surface area contributed by atoms with Gasteiger partial charge in [0.05, 0.1) is 5.69 Å². The van der Waals surface area contributed by atoms with Crippen molar-refractivity contribution in [3.05, 3.63) is 46.6 Å². The Morgan fingerprint density at radius 1 is 1.25 bits per heavy atom. The number of amides is 1. The molecule has 0 saturated heterocycles. The molecular weight excluding hydrogens is 383 g/mol. The molecule has 0 aliphatic rings. The fraction of sp³-hybridized carbons (Fsp3) is 0. The number of aromatic nitrogens is 2. The number of thiophene rings is 1. The van der Waals surface area contributed by atoms with Gasteiger partial charge in [-0.05, 0) is 24.3 Å². The van der Waals surface area contributed by atoms with Gasteiger partial charge in [-0.1, -0.05) is 5.16 Å². The first-order valence-electron chi connectivity index (χ1n) is 7.85. The topological polar surface area (TPSA) is 158 Å². The molecule has 0 bridgehead atoms. The van der Waals surface area contributed by atoms with Crippen LogP contribution in [0.15, 0.2) is 34.9 Å². The standard InChI is InChI=1S/C18H11FN6O2S/c19-8-3-1-7(2-4-8)11-5-10(25-27-11)12-9(6-20)16(22)24-18-13(12)14(21)15(28-18)17(23)26/h1-5H,21H2,(H2,22,24)(H2,23,26). The monoisotopic (exact) mass is 394 g/mol. The number of nitrogens with two attached hydrogens (primary N) is 3. The van der Waals surface area contributed by atoms with Crippen molar-refractivity contribution in [2.75, 3.05) is 11.5 Å². The second-order valence-electron chi connectivity index (χ2n) is 5.83. The summed E-state index contributed by atoms with van der Waals surface area (Å²) in [6.45, 7) is 0. The number of anilines is 2. The van der Waals surface area contributed by atoms with Gasteiger partial charge in [0.25, 0.3) is 5.91 Å². The largest absolute Gasteiger partial charge is 0.397 e. The number of primary amides is 1. The molecular formula is C18H11FN6O2S. The van der Waals surface area contributed by atoms with E-state index in [1.807, 2.05) is 6.07 Å². The number of nitrogens with zero attached hydrogens (tertiary/aromatic N) is 3. The van der Waals surface area contributed by atoms with Crippen molar-refractivity contribution in [3.8, 4) is 28.7 Å². The van der Waals surface area contributed by atoms with Crippen LogP contribution in [-0.4, -0.2) is 16.0 Å². The second kappa shape index (κ2) is 6.33. The molecule has 0 radical (unpaired) electrons. The van der Waals surface area contributed by atoms with E-state index in [2.05, 4.69) is 10.1 Å². The van der Waals surface area contributed by atoms with Crippen LogP contribution in [0.4, 0.5) is 15.9 Å². The first-order valence-corrected chi connectivity index (χ1v) is 8.66. The maximum Gasteiger partial charge on any atom is 0.260 e. The summed E-state index contributed by atoms with van der Waals surface area (Å²) in [5.74, 6) is -0.778. The van der Waals surface area contributed by atoms with Crippen LogP contribution in [0.2, 0.25) is 0 Å². The third-order valence-electron chi connectivity index (χ3n) is 4.14. The molecule has 0 aliphatic carbocycles. The van der Waals surface area contributed by atoms with Crippen molar-refractivity contribution >= 4 is 39.0 Å². The van der Waals surface area contributed by atoms with Gasteiger partial charge in [-0.3, -0.25) is 4.79 Å². The fourth-order valence-electron chi connectivity index (χ4n) is 2.87. The van der Waals surface area contributed by atoms with Gasteiger partial charge in [-0.25, -0.2) is 9.37 Å². The molecule has 8 nitrogen and oxygen atoms in total. The van der Waals surface area contributed by atoms with E-state index in [-0.39, 0.29) is 33.5 Å². The summed E-state index contributed by atoms with van der Waals surface area (Å²) in [4.78, 5) is 16.3. The molecule has 4 rings (SSSR count). The van der Waals surface area contributed by atoms with Gasteiger partial charge in [-0.2, -0.15) is 5.26 Å². The van der Waals surface area contributed by atoms with Gasteiger partial charge >= 0.3 is 0 Å². The van der Waals surface area contributed by atoms with Crippen molar-refractivity contribution in [3.63, 3.8) is 0 Å². The van der Waals surface area contributed by atoms with E-state index in [1.165, 1.54) is 24.3 Å². The third kappa shape index (κ3) is 2.62. The minimum atomic E-state index is -0.712. The van der Waals surface area contributed by atoms with Crippen molar-refractivity contribution in [1.29, 1.82) is 5.26 Å². The maximum absolute atomic E-state index is 13.1. The SMILES string of the molecule is N#Cc1c(N)nc2sc(C(N)=O)c(N)c2c1-c1cc(-c2ccc(F)cc2)on1. The number of nitrogen functional groups attached to an aromatic ring is 2. The smallest absolute Gasteiger partial charge is 0.260 e. The highest BCUT2D eigenvalue weighted by molar-refractivity contribution is 7.21. The van der Waals surface area contributed by atoms with Crippen LogP contribution in [0.25, 0.3) is 32.8 Å². The van der Waals surface area contributed by atoms with Gasteiger partial charge < -0.3 is 21.7 Å². The fourth-order valence-corrected chi connectivity index (χ4v) is 3.83. The Kier molecular flexibility index (Phi) is 3.94. The highest BCUT2D eigenvalue weighted by atomic mass is 32.1. The molecule has 1 amide bonds. The average Bonchev–Trinajstić information content (AvgIpc) is 3.26. The van der Waals surface area contributed by atoms with E-state index in [1.54, 1.807) is 6.07 Å². The highest BCUT2D eigenvalue weighted by Crippen LogP contribution is 2.42. The molecule has 0 unspecified atom stereocenters. The minimum Gasteiger partial charge on any atom is -0.397 e. The molecule has 0 aliphatic heterocycles. The normalized spacial score (nSPS) is 10.9. The van der Waals surface area contributed by atoms with Crippen LogP contribution in [0.3, 0.4) is 0 Å². The predicted molar refractivity (Wildman–Crippen MR) is 103 cm³/mol. The van der Waals surface area contributed by atoms with Crippen LogP contribution in [0.5, 0.6) is 0 Å². The maximum atomic E-state index is 13.1. The predicted octanol–water partition coefficient (Wildman–Crippen LogP) is 2.89. The summed E-state index contributed by atoms with van der Waals surface area (Å²) in [5, 5.41) is 13.9. The molecule has 6 N–H and O–H groups in total. The lowest BCUT2D eigenvalue weighted by molar-refractivity contribution is 0.100. The zero-order valence-corrected chi connectivity index (χ0v) is 14.9. The Hall–Kier alpha value is -3.97. The van der Waals surface area contributed by atoms with Crippen molar-refractivity contribution in [2.24, 2.45) is 5.73 Å². The summed E-state index contributed by atoms with van der Waals surface area (Å²) >= 11 is 0.979. The van der Waals surface area contributed by atoms with Crippen LogP contribution >= 0.6 is 11.3 Å². The van der Waals surface area contributed by atoms with Crippen LogP contribution in [0.1, 0.15) is 15.2 Å². The number of carbonyl (C=O) groups is 1. The van der Waals surface area contributed by atoms with Crippen LogP contribution in [-0.2, 0) is 0 Å². The van der Waals surface area contributed by atoms with Gasteiger partial charge in [-0.15, -0.1) is 11.3 Å².